The van der Waals surface area contributed by atoms with Crippen molar-refractivity contribution in [2.45, 2.75) is 45.6 Å². The fraction of sp³-hybridized carbons (Fsp3) is 0.650. The number of aliphatic hydroxyl groups is 1. The molecule has 3 rings (SSSR count). The van der Waals surface area contributed by atoms with E-state index in [1.165, 1.54) is 24.0 Å². The van der Waals surface area contributed by atoms with E-state index in [1.54, 1.807) is 0 Å². The largest absolute Gasteiger partial charge is 0.396 e. The summed E-state index contributed by atoms with van der Waals surface area (Å²) in [6, 6.07) is 8.67. The number of nitrogens with zero attached hydrogens (tertiary/aromatic N) is 1. The van der Waals surface area contributed by atoms with E-state index >= 15 is 0 Å². The number of benzene rings is 1. The van der Waals surface area contributed by atoms with Crippen LogP contribution in [0, 0.1) is 18.3 Å². The molecule has 2 N–H and O–H groups in total. The highest BCUT2D eigenvalue weighted by atomic mass is 16.3. The Balaban J connectivity index is 1.59. The first-order chi connectivity index (χ1) is 11.5. The number of hydrogen-bond donors (Lipinski definition) is 2. The molecule has 1 amide bonds. The number of piperidine rings is 1. The number of nitrogens with one attached hydrogen (secondary N) is 1. The third-order valence-corrected chi connectivity index (χ3v) is 5.46. The van der Waals surface area contributed by atoms with Crippen molar-refractivity contribution in [3.05, 3.63) is 35.4 Å². The first kappa shape index (κ1) is 17.4. The van der Waals surface area contributed by atoms with Gasteiger partial charge in [-0.1, -0.05) is 36.8 Å². The van der Waals surface area contributed by atoms with E-state index in [0.717, 1.165) is 25.9 Å². The molecule has 1 heterocycles. The highest BCUT2D eigenvalue weighted by Crippen LogP contribution is 2.41. The van der Waals surface area contributed by atoms with Crippen LogP contribution in [0.4, 0.5) is 0 Å². The summed E-state index contributed by atoms with van der Waals surface area (Å²) in [6.07, 6.45) is 4.49. The molecule has 0 aromatic heterocycles. The lowest BCUT2D eigenvalue weighted by Gasteiger charge is -2.39. The standard InChI is InChI=1S/C20H30N2O2/c1-15-4-6-16(7-5-15)19(17-8-9-17)21-18(24)12-22-11-3-10-20(2,13-22)14-23/h4-7,17,19,23H,3,8-14H2,1-2H3,(H,21,24). The van der Waals surface area contributed by atoms with Gasteiger partial charge in [0, 0.05) is 18.6 Å². The quantitative estimate of drug-likeness (QED) is 0.843. The van der Waals surface area contributed by atoms with Gasteiger partial charge in [-0.15, -0.1) is 0 Å². The molecule has 1 aliphatic carbocycles. The first-order valence-electron chi connectivity index (χ1n) is 9.18. The zero-order valence-electron chi connectivity index (χ0n) is 14.9. The van der Waals surface area contributed by atoms with Crippen LogP contribution in [0.3, 0.4) is 0 Å². The molecule has 1 saturated heterocycles. The highest BCUT2D eigenvalue weighted by Gasteiger charge is 2.35. The maximum absolute atomic E-state index is 12.6. The molecule has 2 aliphatic rings. The molecule has 2 unspecified atom stereocenters. The molecule has 0 radical (unpaired) electrons. The number of carbonyl (C=O) groups is 1. The van der Waals surface area contributed by atoms with Crippen molar-refractivity contribution in [2.24, 2.45) is 11.3 Å². The summed E-state index contributed by atoms with van der Waals surface area (Å²) in [5.74, 6) is 0.690. The van der Waals surface area contributed by atoms with E-state index in [0.29, 0.717) is 12.5 Å². The Morgan fingerprint density at radius 3 is 2.71 bits per heavy atom. The molecule has 2 atom stereocenters. The van der Waals surface area contributed by atoms with E-state index in [-0.39, 0.29) is 24.0 Å². The van der Waals surface area contributed by atoms with E-state index < -0.39 is 0 Å². The molecule has 132 valence electrons. The number of aliphatic hydroxyl groups excluding tert-OH is 1. The van der Waals surface area contributed by atoms with Crippen LogP contribution in [-0.4, -0.2) is 42.2 Å². The van der Waals surface area contributed by atoms with Gasteiger partial charge in [0.15, 0.2) is 0 Å². The van der Waals surface area contributed by atoms with Crippen molar-refractivity contribution in [3.8, 4) is 0 Å². The second-order valence-electron chi connectivity index (χ2n) is 8.08. The van der Waals surface area contributed by atoms with Crippen LogP contribution < -0.4 is 5.32 Å². The van der Waals surface area contributed by atoms with Gasteiger partial charge in [0.1, 0.15) is 0 Å². The lowest BCUT2D eigenvalue weighted by atomic mass is 9.83. The van der Waals surface area contributed by atoms with Crippen LogP contribution in [0.15, 0.2) is 24.3 Å². The summed E-state index contributed by atoms with van der Waals surface area (Å²) in [5.41, 5.74) is 2.40. The number of hydrogen-bond acceptors (Lipinski definition) is 3. The summed E-state index contributed by atoms with van der Waals surface area (Å²) < 4.78 is 0. The molecule has 1 aromatic carbocycles. The Labute approximate surface area is 145 Å². The maximum Gasteiger partial charge on any atom is 0.234 e. The molecule has 0 bridgehead atoms. The van der Waals surface area contributed by atoms with Gasteiger partial charge in [-0.05, 0) is 50.6 Å². The Kier molecular flexibility index (Phi) is 5.26. The van der Waals surface area contributed by atoms with Gasteiger partial charge in [-0.2, -0.15) is 0 Å². The molecule has 2 fully saturated rings. The van der Waals surface area contributed by atoms with Crippen molar-refractivity contribution in [3.63, 3.8) is 0 Å². The van der Waals surface area contributed by atoms with E-state index in [2.05, 4.69) is 48.3 Å². The SMILES string of the molecule is Cc1ccc(C(NC(=O)CN2CCCC(C)(CO)C2)C2CC2)cc1. The fourth-order valence-corrected chi connectivity index (χ4v) is 3.79. The van der Waals surface area contributed by atoms with Crippen LogP contribution in [-0.2, 0) is 4.79 Å². The molecule has 0 spiro atoms. The monoisotopic (exact) mass is 330 g/mol. The van der Waals surface area contributed by atoms with E-state index in [1.807, 2.05) is 0 Å². The summed E-state index contributed by atoms with van der Waals surface area (Å²) in [7, 11) is 0. The zero-order chi connectivity index (χ0) is 17.2. The minimum absolute atomic E-state index is 0.0641. The predicted octanol–water partition coefficient (Wildman–Crippen LogP) is 2.66. The third-order valence-electron chi connectivity index (χ3n) is 5.46. The van der Waals surface area contributed by atoms with E-state index in [9.17, 15) is 9.90 Å². The van der Waals surface area contributed by atoms with Gasteiger partial charge in [0.25, 0.3) is 0 Å². The van der Waals surface area contributed by atoms with Crippen LogP contribution in [0.1, 0.15) is 49.8 Å². The molecule has 1 aromatic rings. The normalized spacial score (nSPS) is 26.1. The number of carbonyl (C=O) groups excluding carboxylic acids is 1. The molecule has 4 heteroatoms. The highest BCUT2D eigenvalue weighted by molar-refractivity contribution is 5.78. The molecule has 24 heavy (non-hydrogen) atoms. The van der Waals surface area contributed by atoms with Gasteiger partial charge < -0.3 is 10.4 Å². The number of aryl methyl sites for hydroxylation is 1. The summed E-state index contributed by atoms with van der Waals surface area (Å²) in [6.45, 7) is 6.57. The Morgan fingerprint density at radius 2 is 2.08 bits per heavy atom. The predicted molar refractivity (Wildman–Crippen MR) is 95.7 cm³/mol. The topological polar surface area (TPSA) is 52.6 Å². The maximum atomic E-state index is 12.6. The average Bonchev–Trinajstić information content (AvgIpc) is 3.38. The van der Waals surface area contributed by atoms with Gasteiger partial charge in [0.05, 0.1) is 12.6 Å². The third kappa shape index (κ3) is 4.37. The number of amides is 1. The Morgan fingerprint density at radius 1 is 1.38 bits per heavy atom. The number of rotatable bonds is 6. The minimum atomic E-state index is -0.0641. The molecule has 4 nitrogen and oxygen atoms in total. The van der Waals surface area contributed by atoms with Gasteiger partial charge in [0.2, 0.25) is 5.91 Å². The Bertz CT molecular complexity index is 568. The van der Waals surface area contributed by atoms with Crippen molar-refractivity contribution in [2.75, 3.05) is 26.2 Å². The summed E-state index contributed by atoms with van der Waals surface area (Å²) >= 11 is 0. The second-order valence-corrected chi connectivity index (χ2v) is 8.08. The molecule has 1 aliphatic heterocycles. The minimum Gasteiger partial charge on any atom is -0.396 e. The Hall–Kier alpha value is -1.39. The molecule has 1 saturated carbocycles. The second kappa shape index (κ2) is 7.24. The first-order valence-corrected chi connectivity index (χ1v) is 9.18. The van der Waals surface area contributed by atoms with Crippen LogP contribution in [0.25, 0.3) is 0 Å². The van der Waals surface area contributed by atoms with Crippen molar-refractivity contribution < 1.29 is 9.90 Å². The fourth-order valence-electron chi connectivity index (χ4n) is 3.79. The van der Waals surface area contributed by atoms with Gasteiger partial charge in [-0.3, -0.25) is 9.69 Å². The van der Waals surface area contributed by atoms with Crippen molar-refractivity contribution in [1.29, 1.82) is 0 Å². The average molecular weight is 330 g/mol. The van der Waals surface area contributed by atoms with Crippen LogP contribution >= 0.6 is 0 Å². The molecular weight excluding hydrogens is 300 g/mol. The summed E-state index contributed by atoms with van der Waals surface area (Å²) in [4.78, 5) is 14.8. The van der Waals surface area contributed by atoms with Crippen LogP contribution in [0.5, 0.6) is 0 Å². The zero-order valence-corrected chi connectivity index (χ0v) is 14.9. The van der Waals surface area contributed by atoms with E-state index in [4.69, 9.17) is 0 Å². The van der Waals surface area contributed by atoms with Crippen molar-refractivity contribution >= 4 is 5.91 Å². The van der Waals surface area contributed by atoms with Crippen LogP contribution in [0.2, 0.25) is 0 Å². The number of likely N-dealkylation sites (tertiary alicyclic amines) is 1. The smallest absolute Gasteiger partial charge is 0.234 e. The lowest BCUT2D eigenvalue weighted by Crippen LogP contribution is -2.48. The summed E-state index contributed by atoms with van der Waals surface area (Å²) in [5, 5.41) is 12.8. The molecular formula is C20H30N2O2. The lowest BCUT2D eigenvalue weighted by molar-refractivity contribution is -0.124. The van der Waals surface area contributed by atoms with Crippen molar-refractivity contribution in [1.82, 2.24) is 10.2 Å². The van der Waals surface area contributed by atoms with Gasteiger partial charge in [-0.25, -0.2) is 0 Å². The van der Waals surface area contributed by atoms with Gasteiger partial charge >= 0.3 is 0 Å².